The van der Waals surface area contributed by atoms with Gasteiger partial charge in [-0.1, -0.05) is 6.07 Å². The van der Waals surface area contributed by atoms with Crippen LogP contribution in [0.2, 0.25) is 0 Å². The number of allylic oxidation sites excluding steroid dienone is 1. The number of nitrogens with one attached hydrogen (secondary N) is 1. The van der Waals surface area contributed by atoms with Crippen molar-refractivity contribution in [2.24, 2.45) is 4.99 Å². The molecule has 0 saturated carbocycles. The Morgan fingerprint density at radius 2 is 2.03 bits per heavy atom. The van der Waals surface area contributed by atoms with E-state index in [0.717, 1.165) is 29.0 Å². The number of halogens is 3. The first kappa shape index (κ1) is 26.8. The number of morpholine rings is 1. The summed E-state index contributed by atoms with van der Waals surface area (Å²) >= 11 is 0. The van der Waals surface area contributed by atoms with Gasteiger partial charge in [0.1, 0.15) is 11.8 Å². The number of ether oxygens (including phenoxy) is 2. The maximum Gasteiger partial charge on any atom is 0.416 e. The number of pyridine rings is 1. The Morgan fingerprint density at radius 1 is 1.27 bits per heavy atom. The number of nitrogens with zero attached hydrogens (tertiary/aromatic N) is 3. The van der Waals surface area contributed by atoms with Crippen molar-refractivity contribution in [1.29, 1.82) is 0 Å². The molecule has 2 N–H and O–H groups in total. The monoisotopic (exact) mass is 518 g/mol. The van der Waals surface area contributed by atoms with Gasteiger partial charge in [-0.2, -0.15) is 13.2 Å². The van der Waals surface area contributed by atoms with Crippen molar-refractivity contribution < 1.29 is 32.5 Å². The summed E-state index contributed by atoms with van der Waals surface area (Å²) in [5.41, 5.74) is 0.265. The van der Waals surface area contributed by atoms with E-state index >= 15 is 0 Å². The second kappa shape index (κ2) is 11.0. The highest BCUT2D eigenvalue weighted by atomic mass is 19.4. The molecule has 1 unspecified atom stereocenters. The van der Waals surface area contributed by atoms with Crippen molar-refractivity contribution >= 4 is 17.7 Å². The van der Waals surface area contributed by atoms with Gasteiger partial charge >= 0.3 is 6.18 Å². The van der Waals surface area contributed by atoms with Crippen LogP contribution in [0.3, 0.4) is 0 Å². The van der Waals surface area contributed by atoms with Crippen LogP contribution < -0.4 is 10.1 Å². The van der Waals surface area contributed by atoms with E-state index in [1.54, 1.807) is 25.4 Å². The van der Waals surface area contributed by atoms with E-state index in [1.807, 2.05) is 17.9 Å². The van der Waals surface area contributed by atoms with E-state index in [-0.39, 0.29) is 12.2 Å². The molecule has 2 aromatic rings. The number of aliphatic hydroxyl groups excluding tert-OH is 1. The largest absolute Gasteiger partial charge is 0.472 e. The molecule has 2 atom stereocenters. The Balaban J connectivity index is 1.63. The normalized spacial score (nSPS) is 21.6. The van der Waals surface area contributed by atoms with E-state index in [9.17, 15) is 23.1 Å². The first-order chi connectivity index (χ1) is 17.6. The molecule has 8 nitrogen and oxygen atoms in total. The van der Waals surface area contributed by atoms with Crippen LogP contribution in [0, 0.1) is 0 Å². The van der Waals surface area contributed by atoms with E-state index in [1.165, 1.54) is 12.1 Å². The van der Waals surface area contributed by atoms with Crippen molar-refractivity contribution in [2.75, 3.05) is 32.9 Å². The number of aromatic nitrogens is 1. The lowest BCUT2D eigenvalue weighted by Gasteiger charge is -2.45. The van der Waals surface area contributed by atoms with E-state index < -0.39 is 29.4 Å². The van der Waals surface area contributed by atoms with Crippen LogP contribution in [-0.2, 0) is 10.9 Å². The van der Waals surface area contributed by atoms with E-state index in [2.05, 4.69) is 15.3 Å². The number of carbonyl (C=O) groups is 1. The number of alkyl halides is 3. The lowest BCUT2D eigenvalue weighted by molar-refractivity contribution is -0.137. The average molecular weight is 519 g/mol. The predicted molar refractivity (Wildman–Crippen MR) is 131 cm³/mol. The zero-order valence-electron chi connectivity index (χ0n) is 20.6. The van der Waals surface area contributed by atoms with Gasteiger partial charge in [0, 0.05) is 49.2 Å². The third-order valence-electron chi connectivity index (χ3n) is 6.38. The smallest absolute Gasteiger partial charge is 0.416 e. The minimum Gasteiger partial charge on any atom is -0.472 e. The van der Waals surface area contributed by atoms with Crippen molar-refractivity contribution in [1.82, 2.24) is 15.2 Å². The molecule has 0 spiro atoms. The zero-order chi connectivity index (χ0) is 26.6. The standard InChI is InChI=1S/C26H29F3N4O4/c1-17(15-34)37-23-7-6-20(14-30-23)22-13-25(16-31-18(22)2,33-8-10-36-11-9-33)32-24(35)19-4-3-5-21(12-19)26(27,28)29/h3-7,12,14,16-17,34H,8-11,13,15H2,1-2H3,(H,32,35)/t17?,25-/m1/s1. The second-order valence-corrected chi connectivity index (χ2v) is 9.05. The number of amides is 1. The quantitative estimate of drug-likeness (QED) is 0.583. The molecular weight excluding hydrogens is 489 g/mol. The van der Waals surface area contributed by atoms with Gasteiger partial charge in [-0.25, -0.2) is 4.98 Å². The maximum absolute atomic E-state index is 13.3. The minimum atomic E-state index is -4.56. The lowest BCUT2D eigenvalue weighted by atomic mass is 9.90. The van der Waals surface area contributed by atoms with Crippen LogP contribution in [-0.4, -0.2) is 71.8 Å². The SMILES string of the molecule is CC1=C(c2ccc(OC(C)CO)nc2)C[C@@](NC(=O)c2cccc(C(F)(F)F)c2)(N2CCOCC2)C=N1. The molecule has 3 heterocycles. The summed E-state index contributed by atoms with van der Waals surface area (Å²) in [6.45, 7) is 5.34. The molecule has 198 valence electrons. The van der Waals surface area contributed by atoms with Crippen molar-refractivity contribution in [2.45, 2.75) is 38.2 Å². The zero-order valence-corrected chi connectivity index (χ0v) is 20.6. The lowest BCUT2D eigenvalue weighted by Crippen LogP contribution is -2.65. The summed E-state index contributed by atoms with van der Waals surface area (Å²) in [4.78, 5) is 24.2. The van der Waals surface area contributed by atoms with E-state index in [0.29, 0.717) is 38.6 Å². The van der Waals surface area contributed by atoms with Gasteiger partial charge in [-0.05, 0) is 49.2 Å². The summed E-state index contributed by atoms with van der Waals surface area (Å²) in [6.07, 6.45) is -1.36. The Labute approximate surface area is 212 Å². The molecule has 37 heavy (non-hydrogen) atoms. The van der Waals surface area contributed by atoms with Gasteiger partial charge in [0.25, 0.3) is 5.91 Å². The summed E-state index contributed by atoms with van der Waals surface area (Å²) in [7, 11) is 0. The van der Waals surface area contributed by atoms with Crippen molar-refractivity contribution in [3.8, 4) is 5.88 Å². The second-order valence-electron chi connectivity index (χ2n) is 9.05. The van der Waals surface area contributed by atoms with Gasteiger partial charge in [0.2, 0.25) is 5.88 Å². The Hall–Kier alpha value is -3.28. The number of carbonyl (C=O) groups excluding carboxylic acids is 1. The molecule has 1 saturated heterocycles. The molecule has 4 rings (SSSR count). The Morgan fingerprint density at radius 3 is 2.68 bits per heavy atom. The highest BCUT2D eigenvalue weighted by Crippen LogP contribution is 2.35. The van der Waals surface area contributed by atoms with Gasteiger partial charge < -0.3 is 19.9 Å². The summed E-state index contributed by atoms with van der Waals surface area (Å²) in [5, 5.41) is 12.2. The Kier molecular flexibility index (Phi) is 7.96. The Bertz CT molecular complexity index is 1180. The van der Waals surface area contributed by atoms with Crippen LogP contribution in [0.5, 0.6) is 5.88 Å². The fourth-order valence-corrected chi connectivity index (χ4v) is 4.32. The first-order valence-electron chi connectivity index (χ1n) is 11.9. The van der Waals surface area contributed by atoms with Crippen molar-refractivity contribution in [3.63, 3.8) is 0 Å². The third kappa shape index (κ3) is 6.17. The average Bonchev–Trinajstić information content (AvgIpc) is 2.90. The fraction of sp³-hybridized carbons (Fsp3) is 0.423. The first-order valence-corrected chi connectivity index (χ1v) is 11.9. The van der Waals surface area contributed by atoms with Gasteiger partial charge in [0.15, 0.2) is 0 Å². The maximum atomic E-state index is 13.3. The third-order valence-corrected chi connectivity index (χ3v) is 6.38. The molecule has 1 fully saturated rings. The number of aliphatic hydroxyl groups is 1. The van der Waals surface area contributed by atoms with Crippen molar-refractivity contribution in [3.05, 3.63) is 65.0 Å². The van der Waals surface area contributed by atoms with Crippen LogP contribution in [0.25, 0.3) is 5.57 Å². The molecule has 1 amide bonds. The van der Waals surface area contributed by atoms with Crippen LogP contribution in [0.4, 0.5) is 13.2 Å². The van der Waals surface area contributed by atoms with Crippen LogP contribution in [0.15, 0.2) is 53.3 Å². The number of hydrogen-bond acceptors (Lipinski definition) is 7. The number of hydrogen-bond donors (Lipinski definition) is 2. The number of benzene rings is 1. The minimum absolute atomic E-state index is 0.0927. The molecule has 0 aliphatic carbocycles. The predicted octanol–water partition coefficient (Wildman–Crippen LogP) is 3.52. The van der Waals surface area contributed by atoms with Gasteiger partial charge in [0.05, 0.1) is 25.4 Å². The molecule has 2 aliphatic rings. The molecule has 0 bridgehead atoms. The van der Waals surface area contributed by atoms with Crippen LogP contribution >= 0.6 is 0 Å². The summed E-state index contributed by atoms with van der Waals surface area (Å²) < 4.78 is 50.8. The highest BCUT2D eigenvalue weighted by molar-refractivity contribution is 5.98. The number of rotatable bonds is 7. The summed E-state index contributed by atoms with van der Waals surface area (Å²) in [6, 6.07) is 7.87. The molecule has 0 radical (unpaired) electrons. The molecule has 1 aromatic heterocycles. The molecular formula is C26H29F3N4O4. The van der Waals surface area contributed by atoms with Gasteiger partial charge in [-0.3, -0.25) is 14.7 Å². The van der Waals surface area contributed by atoms with Crippen LogP contribution in [0.1, 0.15) is 41.8 Å². The topological polar surface area (TPSA) is 96.3 Å². The number of aliphatic imine (C=N–C) groups is 1. The molecule has 2 aliphatic heterocycles. The van der Waals surface area contributed by atoms with Gasteiger partial charge in [-0.15, -0.1) is 0 Å². The highest BCUT2D eigenvalue weighted by Gasteiger charge is 2.41. The molecule has 1 aromatic carbocycles. The fourth-order valence-electron chi connectivity index (χ4n) is 4.32. The van der Waals surface area contributed by atoms with E-state index in [4.69, 9.17) is 9.47 Å². The molecule has 11 heteroatoms. The summed E-state index contributed by atoms with van der Waals surface area (Å²) in [5.74, 6) is -0.275.